The van der Waals surface area contributed by atoms with Crippen molar-refractivity contribution in [1.29, 1.82) is 0 Å². The average molecular weight is 447 g/mol. The Morgan fingerprint density at radius 3 is 1.81 bits per heavy atom. The van der Waals surface area contributed by atoms with Gasteiger partial charge in [0, 0.05) is 64.9 Å². The second kappa shape index (κ2) is 17.0. The molecule has 0 aromatic heterocycles. The monoisotopic (exact) mass is 446 g/mol. The molecule has 9 heteroatoms. The molecule has 1 aromatic carbocycles. The predicted octanol–water partition coefficient (Wildman–Crippen LogP) is 0.641. The van der Waals surface area contributed by atoms with Crippen LogP contribution < -0.4 is 26.6 Å². The molecule has 0 aliphatic carbocycles. The van der Waals surface area contributed by atoms with Crippen molar-refractivity contribution in [2.45, 2.75) is 12.5 Å². The molecule has 1 aliphatic heterocycles. The van der Waals surface area contributed by atoms with Gasteiger partial charge in [-0.2, -0.15) is 0 Å². The summed E-state index contributed by atoms with van der Waals surface area (Å²) in [6, 6.07) is 7.90. The van der Waals surface area contributed by atoms with E-state index in [1.807, 2.05) is 12.1 Å². The molecule has 0 unspecified atom stereocenters. The number of benzene rings is 1. The van der Waals surface area contributed by atoms with E-state index in [9.17, 15) is 5.11 Å². The van der Waals surface area contributed by atoms with Crippen LogP contribution in [-0.2, 0) is 19.6 Å². The minimum atomic E-state index is 0.00694. The van der Waals surface area contributed by atoms with E-state index >= 15 is 0 Å². The van der Waals surface area contributed by atoms with Gasteiger partial charge < -0.3 is 31.7 Å². The zero-order chi connectivity index (χ0) is 18.9. The third-order valence-corrected chi connectivity index (χ3v) is 3.98. The molecular weight excluding hydrogens is 416 g/mol. The molecule has 1 fully saturated rings. The number of hydrogen-bond donors (Lipinski definition) is 6. The zero-order valence-electron chi connectivity index (χ0n) is 15.0. The number of phenols is 1. The second-order valence-corrected chi connectivity index (χ2v) is 7.98. The Morgan fingerprint density at radius 2 is 1.27 bits per heavy atom. The first kappa shape index (κ1) is 24.0. The number of rotatable bonds is 2. The number of halogens is 2. The summed E-state index contributed by atoms with van der Waals surface area (Å²) in [6.45, 7) is 8.90. The summed E-state index contributed by atoms with van der Waals surface area (Å²) >= 11 is 0.00694. The van der Waals surface area contributed by atoms with Crippen LogP contribution in [-0.4, -0.2) is 70.1 Å². The molecule has 0 spiro atoms. The van der Waals surface area contributed by atoms with Gasteiger partial charge in [-0.05, 0) is 24.1 Å². The molecule has 1 heterocycles. The van der Waals surface area contributed by atoms with Crippen LogP contribution in [0.15, 0.2) is 24.3 Å². The molecule has 0 saturated carbocycles. The number of nitrogens with one attached hydrogen (secondary N) is 5. The number of phenolic OH excluding ortho intramolecular Hbond substituents is 1. The summed E-state index contributed by atoms with van der Waals surface area (Å²) in [5, 5.41) is 26.8. The number of aromatic hydroxyl groups is 1. The van der Waals surface area contributed by atoms with Crippen molar-refractivity contribution in [1.82, 2.24) is 26.6 Å². The van der Waals surface area contributed by atoms with E-state index in [0.29, 0.717) is 11.8 Å². The third kappa shape index (κ3) is 13.1. The molecule has 1 saturated heterocycles. The van der Waals surface area contributed by atoms with Gasteiger partial charge in [0.1, 0.15) is 5.75 Å². The molecule has 2 rings (SSSR count). The predicted molar refractivity (Wildman–Crippen MR) is 107 cm³/mol. The van der Waals surface area contributed by atoms with E-state index in [0.717, 1.165) is 65.3 Å². The Labute approximate surface area is 171 Å². The molecule has 6 nitrogen and oxygen atoms in total. The van der Waals surface area contributed by atoms with Gasteiger partial charge in [0.2, 0.25) is 0 Å². The fourth-order valence-corrected chi connectivity index (χ4v) is 2.68. The molecule has 1 atom stereocenters. The third-order valence-electron chi connectivity index (χ3n) is 3.98. The Kier molecular flexibility index (Phi) is 15.7. The SMILES string of the molecule is Oc1ccc(C[C@H]2CNCCNCCNCCNCCN2)cc1.[Cl][Mn][Cl]. The van der Waals surface area contributed by atoms with Gasteiger partial charge in [-0.3, -0.25) is 0 Å². The first-order chi connectivity index (χ1) is 12.8. The normalized spacial score (nSPS) is 20.9. The van der Waals surface area contributed by atoms with Crippen LogP contribution in [0.3, 0.4) is 0 Å². The quantitative estimate of drug-likeness (QED) is 0.374. The van der Waals surface area contributed by atoms with E-state index < -0.39 is 0 Å². The van der Waals surface area contributed by atoms with Crippen LogP contribution in [0.5, 0.6) is 5.75 Å². The molecule has 0 radical (unpaired) electrons. The van der Waals surface area contributed by atoms with Gasteiger partial charge in [-0.15, -0.1) is 0 Å². The fraction of sp³-hybridized carbons (Fsp3) is 0.647. The first-order valence-corrected chi connectivity index (χ1v) is 12.2. The van der Waals surface area contributed by atoms with Gasteiger partial charge in [0.25, 0.3) is 0 Å². The van der Waals surface area contributed by atoms with E-state index in [1.54, 1.807) is 12.1 Å². The van der Waals surface area contributed by atoms with E-state index in [-0.39, 0.29) is 13.1 Å². The first-order valence-electron chi connectivity index (χ1n) is 8.97. The van der Waals surface area contributed by atoms with Gasteiger partial charge in [-0.25, -0.2) is 0 Å². The van der Waals surface area contributed by atoms with Crippen molar-refractivity contribution < 1.29 is 18.2 Å². The van der Waals surface area contributed by atoms with Crippen LogP contribution in [0, 0.1) is 0 Å². The van der Waals surface area contributed by atoms with Crippen molar-refractivity contribution >= 4 is 20.2 Å². The van der Waals surface area contributed by atoms with Crippen LogP contribution in [0.25, 0.3) is 0 Å². The second-order valence-electron chi connectivity index (χ2n) is 6.03. The molecule has 151 valence electrons. The van der Waals surface area contributed by atoms with Gasteiger partial charge in [-0.1, -0.05) is 12.1 Å². The topological polar surface area (TPSA) is 80.4 Å². The van der Waals surface area contributed by atoms with Crippen molar-refractivity contribution in [3.8, 4) is 5.75 Å². The molecular formula is C17H31Cl2MnN5O. The molecule has 1 aromatic rings. The zero-order valence-corrected chi connectivity index (χ0v) is 17.7. The Morgan fingerprint density at radius 1 is 0.808 bits per heavy atom. The molecule has 26 heavy (non-hydrogen) atoms. The Hall–Kier alpha value is -0.0805. The standard InChI is InChI=1S/C17H31N5O.2ClH.Mn/c23-17-3-1-15(2-4-17)13-16-14-21-10-9-19-6-5-18-7-8-20-11-12-22-16;;;/h1-4,16,18-23H,5-14H2;2*1H;/q;;;+2/p-2/t16-;;;/m0.../s1. The van der Waals surface area contributed by atoms with E-state index in [4.69, 9.17) is 20.2 Å². The van der Waals surface area contributed by atoms with Crippen LogP contribution in [0.2, 0.25) is 0 Å². The average Bonchev–Trinajstić information content (AvgIpc) is 2.64. The van der Waals surface area contributed by atoms with Gasteiger partial charge >= 0.3 is 33.3 Å². The molecule has 0 amide bonds. The van der Waals surface area contributed by atoms with Crippen molar-refractivity contribution in [2.24, 2.45) is 0 Å². The summed E-state index contributed by atoms with van der Waals surface area (Å²) < 4.78 is 0. The number of hydrogen-bond acceptors (Lipinski definition) is 6. The van der Waals surface area contributed by atoms with Crippen LogP contribution in [0.1, 0.15) is 5.56 Å². The van der Waals surface area contributed by atoms with Crippen molar-refractivity contribution in [3.05, 3.63) is 29.8 Å². The summed E-state index contributed by atoms with van der Waals surface area (Å²) in [6.07, 6.45) is 0.961. The van der Waals surface area contributed by atoms with Crippen LogP contribution >= 0.6 is 20.2 Å². The molecule has 1 aliphatic rings. The van der Waals surface area contributed by atoms with Crippen LogP contribution in [0.4, 0.5) is 0 Å². The van der Waals surface area contributed by atoms with E-state index in [2.05, 4.69) is 26.6 Å². The van der Waals surface area contributed by atoms with Crippen molar-refractivity contribution in [2.75, 3.05) is 58.9 Å². The Bertz CT molecular complexity index is 426. The summed E-state index contributed by atoms with van der Waals surface area (Å²) in [7, 11) is 9.59. The molecule has 0 bridgehead atoms. The van der Waals surface area contributed by atoms with Gasteiger partial charge in [0.05, 0.1) is 0 Å². The van der Waals surface area contributed by atoms with Gasteiger partial charge in [0.15, 0.2) is 0 Å². The summed E-state index contributed by atoms with van der Waals surface area (Å²) in [5.41, 5.74) is 1.25. The fourth-order valence-electron chi connectivity index (χ4n) is 2.68. The summed E-state index contributed by atoms with van der Waals surface area (Å²) in [4.78, 5) is 0. The maximum atomic E-state index is 9.40. The maximum absolute atomic E-state index is 9.40. The van der Waals surface area contributed by atoms with E-state index in [1.165, 1.54) is 5.56 Å². The Balaban J connectivity index is 0.00000105. The summed E-state index contributed by atoms with van der Waals surface area (Å²) in [5.74, 6) is 0.325. The minimum absolute atomic E-state index is 0.00694. The van der Waals surface area contributed by atoms with Crippen molar-refractivity contribution in [3.63, 3.8) is 0 Å². The molecule has 6 N–H and O–H groups in total.